The fraction of sp³-hybridized carbons (Fsp3) is 0.550. The van der Waals surface area contributed by atoms with Crippen LogP contribution in [0, 0.1) is 11.8 Å². The number of guanidine groups is 1. The van der Waals surface area contributed by atoms with Crippen LogP contribution in [0.4, 0.5) is 5.69 Å². The predicted molar refractivity (Wildman–Crippen MR) is 105 cm³/mol. The van der Waals surface area contributed by atoms with Crippen molar-refractivity contribution in [1.29, 1.82) is 0 Å². The van der Waals surface area contributed by atoms with E-state index in [0.29, 0.717) is 30.1 Å². The highest BCUT2D eigenvalue weighted by atomic mass is 16.5. The average Bonchev–Trinajstić information content (AvgIpc) is 2.97. The van der Waals surface area contributed by atoms with E-state index in [0.717, 1.165) is 18.8 Å². The van der Waals surface area contributed by atoms with E-state index in [4.69, 9.17) is 4.74 Å². The maximum Gasteiger partial charge on any atom is 0.252 e. The summed E-state index contributed by atoms with van der Waals surface area (Å²) < 4.78 is 5.38. The number of carbonyl (C=O) groups is 2. The number of aliphatic imine (C=N–C) groups is 1. The molecule has 7 nitrogen and oxygen atoms in total. The molecular weight excluding hydrogens is 344 g/mol. The lowest BCUT2D eigenvalue weighted by molar-refractivity contribution is -0.124. The van der Waals surface area contributed by atoms with Crippen molar-refractivity contribution in [1.82, 2.24) is 10.2 Å². The summed E-state index contributed by atoms with van der Waals surface area (Å²) in [4.78, 5) is 31.2. The Labute approximate surface area is 160 Å². The molecule has 0 spiro atoms. The predicted octanol–water partition coefficient (Wildman–Crippen LogP) is 2.25. The third-order valence-corrected chi connectivity index (χ3v) is 4.81. The monoisotopic (exact) mass is 372 g/mol. The molecule has 1 saturated heterocycles. The van der Waals surface area contributed by atoms with Crippen molar-refractivity contribution in [3.8, 4) is 5.75 Å². The normalized spacial score (nSPS) is 25.0. The molecule has 0 bridgehead atoms. The number of rotatable bonds is 5. The summed E-state index contributed by atoms with van der Waals surface area (Å²) in [5.74, 6) is 2.05. The molecule has 2 aliphatic rings. The van der Waals surface area contributed by atoms with Crippen molar-refractivity contribution in [3.05, 3.63) is 24.3 Å². The van der Waals surface area contributed by atoms with Crippen LogP contribution in [0.1, 0.15) is 33.6 Å². The van der Waals surface area contributed by atoms with E-state index in [1.165, 1.54) is 6.42 Å². The second-order valence-electron chi connectivity index (χ2n) is 7.52. The molecule has 0 aliphatic carbocycles. The van der Waals surface area contributed by atoms with Crippen LogP contribution in [-0.2, 0) is 9.59 Å². The number of piperidine rings is 1. The van der Waals surface area contributed by atoms with Gasteiger partial charge >= 0.3 is 0 Å². The van der Waals surface area contributed by atoms with Gasteiger partial charge < -0.3 is 15.0 Å². The molecule has 7 heteroatoms. The van der Waals surface area contributed by atoms with Gasteiger partial charge in [0.2, 0.25) is 11.9 Å². The first-order valence-corrected chi connectivity index (χ1v) is 9.61. The Bertz CT molecular complexity index is 706. The molecule has 2 amide bonds. The Morgan fingerprint density at radius 1 is 1.26 bits per heavy atom. The number of nitrogens with zero attached hydrogens (tertiary/aromatic N) is 2. The number of benzene rings is 1. The molecule has 2 N–H and O–H groups in total. The number of carbonyl (C=O) groups excluding carboxylic acids is 2. The van der Waals surface area contributed by atoms with Gasteiger partial charge in [0.25, 0.3) is 5.91 Å². The maximum absolute atomic E-state index is 12.3. The topological polar surface area (TPSA) is 83.0 Å². The van der Waals surface area contributed by atoms with Crippen LogP contribution in [0.15, 0.2) is 29.3 Å². The highest BCUT2D eigenvalue weighted by Crippen LogP contribution is 2.22. The summed E-state index contributed by atoms with van der Waals surface area (Å²) in [5, 5.41) is 5.66. The third-order valence-electron chi connectivity index (χ3n) is 4.81. The molecule has 2 aliphatic heterocycles. The minimum atomic E-state index is -0.671. The quantitative estimate of drug-likeness (QED) is 0.830. The molecular formula is C20H28N4O3. The van der Waals surface area contributed by atoms with E-state index in [1.54, 1.807) is 24.3 Å². The van der Waals surface area contributed by atoms with Gasteiger partial charge in [-0.15, -0.1) is 0 Å². The summed E-state index contributed by atoms with van der Waals surface area (Å²) in [6.07, 6.45) is 1.22. The minimum Gasteiger partial charge on any atom is -0.494 e. The van der Waals surface area contributed by atoms with Crippen LogP contribution < -0.4 is 15.4 Å². The van der Waals surface area contributed by atoms with Gasteiger partial charge in [-0.25, -0.2) is 4.99 Å². The number of ether oxygens (including phenoxy) is 1. The number of hydrogen-bond acceptors (Lipinski definition) is 5. The number of nitrogens with one attached hydrogen (secondary N) is 2. The molecule has 0 aromatic heterocycles. The highest BCUT2D eigenvalue weighted by Gasteiger charge is 2.33. The summed E-state index contributed by atoms with van der Waals surface area (Å²) in [5.41, 5.74) is 0.671. The summed E-state index contributed by atoms with van der Waals surface area (Å²) in [6.45, 7) is 8.70. The zero-order chi connectivity index (χ0) is 19.4. The Morgan fingerprint density at radius 3 is 2.56 bits per heavy atom. The summed E-state index contributed by atoms with van der Waals surface area (Å²) >= 11 is 0. The molecule has 1 aromatic rings. The molecule has 0 radical (unpaired) electrons. The Morgan fingerprint density at radius 2 is 1.93 bits per heavy atom. The molecule has 0 unspecified atom stereocenters. The molecule has 27 heavy (non-hydrogen) atoms. The van der Waals surface area contributed by atoms with Gasteiger partial charge in [0.05, 0.1) is 13.0 Å². The molecule has 3 atom stereocenters. The Balaban J connectivity index is 1.57. The van der Waals surface area contributed by atoms with Gasteiger partial charge in [-0.3, -0.25) is 14.9 Å². The maximum atomic E-state index is 12.3. The minimum absolute atomic E-state index is 0.0293. The van der Waals surface area contributed by atoms with Gasteiger partial charge in [0.15, 0.2) is 0 Å². The third kappa shape index (κ3) is 4.99. The SMILES string of the molecule is CCOc1ccc(NC(=O)C[C@H]2N=C(N3C[C@@H](C)C[C@H](C)C3)NC2=O)cc1. The van der Waals surface area contributed by atoms with Crippen molar-refractivity contribution in [2.24, 2.45) is 16.8 Å². The van der Waals surface area contributed by atoms with Crippen molar-refractivity contribution in [2.75, 3.05) is 25.0 Å². The molecule has 1 aromatic carbocycles. The highest BCUT2D eigenvalue weighted by molar-refractivity contribution is 6.07. The zero-order valence-electron chi connectivity index (χ0n) is 16.2. The lowest BCUT2D eigenvalue weighted by Gasteiger charge is -2.35. The van der Waals surface area contributed by atoms with E-state index in [1.807, 2.05) is 6.92 Å². The van der Waals surface area contributed by atoms with Crippen LogP contribution in [0.2, 0.25) is 0 Å². The van der Waals surface area contributed by atoms with Crippen LogP contribution >= 0.6 is 0 Å². The van der Waals surface area contributed by atoms with Crippen LogP contribution in [0.5, 0.6) is 5.75 Å². The van der Waals surface area contributed by atoms with Crippen LogP contribution in [0.25, 0.3) is 0 Å². The first-order chi connectivity index (χ1) is 12.9. The first-order valence-electron chi connectivity index (χ1n) is 9.61. The van der Waals surface area contributed by atoms with E-state index in [2.05, 4.69) is 34.4 Å². The molecule has 146 valence electrons. The largest absolute Gasteiger partial charge is 0.494 e. The fourth-order valence-electron chi connectivity index (χ4n) is 3.76. The van der Waals surface area contributed by atoms with Crippen molar-refractivity contribution >= 4 is 23.5 Å². The number of hydrogen-bond donors (Lipinski definition) is 2. The number of likely N-dealkylation sites (tertiary alicyclic amines) is 1. The standard InChI is InChI=1S/C20H28N4O3/c1-4-27-16-7-5-15(6-8-16)21-18(25)10-17-19(26)23-20(22-17)24-11-13(2)9-14(3)12-24/h5-8,13-14,17H,4,9-12H2,1-3H3,(H,21,25)(H,22,23,26)/t13-,14-,17+/m0/s1. The van der Waals surface area contributed by atoms with Crippen molar-refractivity contribution in [3.63, 3.8) is 0 Å². The fourth-order valence-corrected chi connectivity index (χ4v) is 3.76. The number of anilines is 1. The van der Waals surface area contributed by atoms with Crippen molar-refractivity contribution < 1.29 is 14.3 Å². The molecule has 3 rings (SSSR count). The van der Waals surface area contributed by atoms with Crippen molar-refractivity contribution in [2.45, 2.75) is 39.7 Å². The van der Waals surface area contributed by atoms with Gasteiger partial charge in [0, 0.05) is 18.8 Å². The first kappa shape index (κ1) is 19.2. The second-order valence-corrected chi connectivity index (χ2v) is 7.52. The van der Waals surface area contributed by atoms with E-state index < -0.39 is 6.04 Å². The van der Waals surface area contributed by atoms with E-state index in [-0.39, 0.29) is 18.2 Å². The molecule has 2 heterocycles. The summed E-state index contributed by atoms with van der Waals surface area (Å²) in [7, 11) is 0. The second kappa shape index (κ2) is 8.41. The smallest absolute Gasteiger partial charge is 0.252 e. The number of amides is 2. The zero-order valence-corrected chi connectivity index (χ0v) is 16.2. The summed E-state index contributed by atoms with van der Waals surface area (Å²) in [6, 6.07) is 6.49. The van der Waals surface area contributed by atoms with Gasteiger partial charge in [0.1, 0.15) is 11.8 Å². The van der Waals surface area contributed by atoms with E-state index in [9.17, 15) is 9.59 Å². The van der Waals surface area contributed by atoms with Gasteiger partial charge in [-0.2, -0.15) is 0 Å². The average molecular weight is 372 g/mol. The van der Waals surface area contributed by atoms with Crippen LogP contribution in [-0.4, -0.2) is 48.4 Å². The molecule has 0 saturated carbocycles. The van der Waals surface area contributed by atoms with E-state index >= 15 is 0 Å². The van der Waals surface area contributed by atoms with Crippen LogP contribution in [0.3, 0.4) is 0 Å². The Kier molecular flexibility index (Phi) is 5.98. The molecule has 1 fully saturated rings. The lowest BCUT2D eigenvalue weighted by Crippen LogP contribution is -2.47. The lowest BCUT2D eigenvalue weighted by atomic mass is 9.92. The van der Waals surface area contributed by atoms with Gasteiger partial charge in [-0.05, 0) is 49.4 Å². The van der Waals surface area contributed by atoms with Gasteiger partial charge in [-0.1, -0.05) is 13.8 Å². The Hall–Kier alpha value is -2.57.